The van der Waals surface area contributed by atoms with E-state index in [1.54, 1.807) is 23.6 Å². The predicted octanol–water partition coefficient (Wildman–Crippen LogP) is 3.57. The minimum atomic E-state index is -0.258. The van der Waals surface area contributed by atoms with Gasteiger partial charge in [0.25, 0.3) is 5.91 Å². The van der Waals surface area contributed by atoms with Crippen molar-refractivity contribution in [2.75, 3.05) is 0 Å². The molecular weight excluding hydrogens is 346 g/mol. The number of para-hydroxylation sites is 1. The van der Waals surface area contributed by atoms with Crippen molar-refractivity contribution in [1.29, 1.82) is 0 Å². The first-order valence-electron chi connectivity index (χ1n) is 8.14. The van der Waals surface area contributed by atoms with Crippen LogP contribution < -0.4 is 5.43 Å². The van der Waals surface area contributed by atoms with Crippen LogP contribution in [0.25, 0.3) is 10.6 Å². The second-order valence-electron chi connectivity index (χ2n) is 5.88. The molecule has 130 valence electrons. The Labute approximate surface area is 154 Å². The Morgan fingerprint density at radius 2 is 1.96 bits per heavy atom. The molecule has 0 atom stereocenters. The zero-order valence-corrected chi connectivity index (χ0v) is 15.2. The summed E-state index contributed by atoms with van der Waals surface area (Å²) in [6, 6.07) is 11.3. The maximum Gasteiger partial charge on any atom is 0.273 e. The summed E-state index contributed by atoms with van der Waals surface area (Å²) in [6.45, 7) is 3.96. The standard InChI is InChI=1S/C19H17N5OS/c1-13-12-26-19-21-14(2)17(24(13)19)11-20-22-18(25)15-7-3-4-8-16(15)23-9-5-6-10-23/h3-12H,1-2H3,(H,22,25)/b20-11-. The van der Waals surface area contributed by atoms with Gasteiger partial charge in [0.05, 0.1) is 28.9 Å². The van der Waals surface area contributed by atoms with Crippen molar-refractivity contribution in [1.82, 2.24) is 19.4 Å². The molecule has 4 rings (SSSR count). The first-order valence-corrected chi connectivity index (χ1v) is 9.02. The van der Waals surface area contributed by atoms with Crippen LogP contribution in [-0.2, 0) is 0 Å². The number of aryl methyl sites for hydroxylation is 2. The second-order valence-corrected chi connectivity index (χ2v) is 6.72. The average molecular weight is 363 g/mol. The lowest BCUT2D eigenvalue weighted by molar-refractivity contribution is 0.0955. The number of carbonyl (C=O) groups is 1. The van der Waals surface area contributed by atoms with Crippen LogP contribution in [0.5, 0.6) is 0 Å². The van der Waals surface area contributed by atoms with E-state index in [-0.39, 0.29) is 5.91 Å². The minimum Gasteiger partial charge on any atom is -0.323 e. The smallest absolute Gasteiger partial charge is 0.273 e. The summed E-state index contributed by atoms with van der Waals surface area (Å²) in [5.74, 6) is -0.258. The van der Waals surface area contributed by atoms with Crippen LogP contribution in [-0.4, -0.2) is 26.1 Å². The number of benzene rings is 1. The average Bonchev–Trinajstić information content (AvgIpc) is 3.35. The first kappa shape index (κ1) is 16.3. The van der Waals surface area contributed by atoms with Gasteiger partial charge in [-0.2, -0.15) is 5.10 Å². The van der Waals surface area contributed by atoms with Crippen molar-refractivity contribution in [3.8, 4) is 5.69 Å². The molecule has 3 heterocycles. The Morgan fingerprint density at radius 1 is 1.19 bits per heavy atom. The van der Waals surface area contributed by atoms with E-state index in [0.717, 1.165) is 27.7 Å². The van der Waals surface area contributed by atoms with E-state index < -0.39 is 0 Å². The molecule has 0 saturated heterocycles. The Bertz CT molecular complexity index is 1100. The predicted molar refractivity (Wildman–Crippen MR) is 103 cm³/mol. The molecule has 0 spiro atoms. The number of nitrogens with one attached hydrogen (secondary N) is 1. The zero-order valence-electron chi connectivity index (χ0n) is 14.4. The number of amides is 1. The van der Waals surface area contributed by atoms with Gasteiger partial charge in [-0.05, 0) is 38.1 Å². The number of imidazole rings is 1. The lowest BCUT2D eigenvalue weighted by atomic mass is 10.1. The molecule has 0 aliphatic carbocycles. The first-order chi connectivity index (χ1) is 12.6. The van der Waals surface area contributed by atoms with Crippen molar-refractivity contribution < 1.29 is 4.79 Å². The highest BCUT2D eigenvalue weighted by atomic mass is 32.1. The second kappa shape index (κ2) is 6.61. The van der Waals surface area contributed by atoms with Gasteiger partial charge in [-0.1, -0.05) is 12.1 Å². The Balaban J connectivity index is 1.59. The number of hydrogen-bond acceptors (Lipinski definition) is 4. The van der Waals surface area contributed by atoms with Crippen molar-refractivity contribution >= 4 is 28.4 Å². The number of carbonyl (C=O) groups excluding carboxylic acids is 1. The number of fused-ring (bicyclic) bond motifs is 1. The third kappa shape index (κ3) is 2.82. The molecule has 0 fully saturated rings. The summed E-state index contributed by atoms with van der Waals surface area (Å²) < 4.78 is 3.93. The third-order valence-corrected chi connectivity index (χ3v) is 5.08. The molecule has 7 heteroatoms. The van der Waals surface area contributed by atoms with Crippen LogP contribution in [0, 0.1) is 13.8 Å². The van der Waals surface area contributed by atoms with Gasteiger partial charge in [0, 0.05) is 23.5 Å². The summed E-state index contributed by atoms with van der Waals surface area (Å²) in [4.78, 5) is 18.0. The van der Waals surface area contributed by atoms with Crippen LogP contribution in [0.15, 0.2) is 59.3 Å². The van der Waals surface area contributed by atoms with E-state index in [2.05, 4.69) is 15.5 Å². The third-order valence-electron chi connectivity index (χ3n) is 4.14. The van der Waals surface area contributed by atoms with Gasteiger partial charge in [0.15, 0.2) is 4.96 Å². The number of hydrogen-bond donors (Lipinski definition) is 1. The highest BCUT2D eigenvalue weighted by molar-refractivity contribution is 7.15. The fourth-order valence-electron chi connectivity index (χ4n) is 2.88. The lowest BCUT2D eigenvalue weighted by Gasteiger charge is -2.09. The molecule has 0 radical (unpaired) electrons. The van der Waals surface area contributed by atoms with Crippen molar-refractivity contribution in [3.05, 3.63) is 76.8 Å². The summed E-state index contributed by atoms with van der Waals surface area (Å²) in [5.41, 5.74) is 6.83. The van der Waals surface area contributed by atoms with Crippen LogP contribution in [0.1, 0.15) is 27.4 Å². The maximum absolute atomic E-state index is 12.6. The van der Waals surface area contributed by atoms with Gasteiger partial charge in [-0.25, -0.2) is 10.4 Å². The van der Waals surface area contributed by atoms with Crippen LogP contribution >= 0.6 is 11.3 Å². The molecule has 0 unspecified atom stereocenters. The molecule has 4 aromatic rings. The van der Waals surface area contributed by atoms with Gasteiger partial charge in [-0.15, -0.1) is 11.3 Å². The highest BCUT2D eigenvalue weighted by Crippen LogP contribution is 2.19. The summed E-state index contributed by atoms with van der Waals surface area (Å²) >= 11 is 1.59. The molecule has 6 nitrogen and oxygen atoms in total. The molecule has 3 aromatic heterocycles. The fraction of sp³-hybridized carbons (Fsp3) is 0.105. The van der Waals surface area contributed by atoms with Gasteiger partial charge < -0.3 is 4.57 Å². The minimum absolute atomic E-state index is 0.258. The quantitative estimate of drug-likeness (QED) is 0.445. The molecule has 26 heavy (non-hydrogen) atoms. The molecule has 1 aromatic carbocycles. The normalized spacial score (nSPS) is 11.5. The summed E-state index contributed by atoms with van der Waals surface area (Å²) in [6.07, 6.45) is 5.45. The number of nitrogens with zero attached hydrogens (tertiary/aromatic N) is 4. The van der Waals surface area contributed by atoms with Crippen LogP contribution in [0.3, 0.4) is 0 Å². The lowest BCUT2D eigenvalue weighted by Crippen LogP contribution is -2.19. The van der Waals surface area contributed by atoms with E-state index in [1.807, 2.05) is 70.9 Å². The van der Waals surface area contributed by atoms with Crippen molar-refractivity contribution in [3.63, 3.8) is 0 Å². The molecule has 1 amide bonds. The van der Waals surface area contributed by atoms with Gasteiger partial charge in [0.1, 0.15) is 0 Å². The Morgan fingerprint density at radius 3 is 2.77 bits per heavy atom. The van der Waals surface area contributed by atoms with Gasteiger partial charge >= 0.3 is 0 Å². The Hall–Kier alpha value is -3.19. The summed E-state index contributed by atoms with van der Waals surface area (Å²) in [5, 5.41) is 6.20. The molecule has 1 N–H and O–H groups in total. The van der Waals surface area contributed by atoms with E-state index >= 15 is 0 Å². The SMILES string of the molecule is Cc1nc2scc(C)n2c1/C=N\NC(=O)c1ccccc1-n1cccc1. The molecule has 0 aliphatic rings. The zero-order chi connectivity index (χ0) is 18.1. The number of thiazole rings is 1. The maximum atomic E-state index is 12.6. The van der Waals surface area contributed by atoms with E-state index in [9.17, 15) is 4.79 Å². The molecule has 0 aliphatic heterocycles. The van der Waals surface area contributed by atoms with E-state index in [4.69, 9.17) is 0 Å². The van der Waals surface area contributed by atoms with Crippen molar-refractivity contribution in [2.45, 2.75) is 13.8 Å². The molecule has 0 saturated carbocycles. The molecule has 0 bridgehead atoms. The largest absolute Gasteiger partial charge is 0.323 e. The van der Waals surface area contributed by atoms with E-state index in [1.165, 1.54) is 0 Å². The van der Waals surface area contributed by atoms with Gasteiger partial charge in [-0.3, -0.25) is 9.20 Å². The van der Waals surface area contributed by atoms with Crippen LogP contribution in [0.4, 0.5) is 0 Å². The van der Waals surface area contributed by atoms with Crippen LogP contribution in [0.2, 0.25) is 0 Å². The van der Waals surface area contributed by atoms with Crippen molar-refractivity contribution in [2.24, 2.45) is 5.10 Å². The van der Waals surface area contributed by atoms with E-state index in [0.29, 0.717) is 5.56 Å². The van der Waals surface area contributed by atoms with Gasteiger partial charge in [0.2, 0.25) is 0 Å². The fourth-order valence-corrected chi connectivity index (χ4v) is 3.79. The number of aromatic nitrogens is 3. The molecular formula is C19H17N5OS. The Kier molecular flexibility index (Phi) is 4.14. The number of rotatable bonds is 4. The topological polar surface area (TPSA) is 63.7 Å². The number of hydrazone groups is 1. The summed E-state index contributed by atoms with van der Waals surface area (Å²) in [7, 11) is 0. The monoisotopic (exact) mass is 363 g/mol. The highest BCUT2D eigenvalue weighted by Gasteiger charge is 2.12.